The van der Waals surface area contributed by atoms with E-state index in [1.165, 1.54) is 0 Å². The highest BCUT2D eigenvalue weighted by Crippen LogP contribution is 2.38. The molecule has 0 aliphatic heterocycles. The first-order valence-corrected chi connectivity index (χ1v) is 6.97. The maximum atomic E-state index is 12.3. The molecule has 0 heterocycles. The van der Waals surface area contributed by atoms with Crippen molar-refractivity contribution in [2.45, 2.75) is 65.5 Å². The Bertz CT molecular complexity index is 240. The third-order valence-corrected chi connectivity index (χ3v) is 3.92. The number of likely N-dealkylation sites (N-methyl/N-ethyl adjacent to an activating group) is 1. The molecule has 0 aromatic heterocycles. The highest BCUT2D eigenvalue weighted by atomic mass is 19.3. The van der Waals surface area contributed by atoms with Crippen LogP contribution in [0.2, 0.25) is 0 Å². The van der Waals surface area contributed by atoms with Crippen LogP contribution in [0.15, 0.2) is 0 Å². The molecule has 3 atom stereocenters. The van der Waals surface area contributed by atoms with E-state index in [1.54, 1.807) is 0 Å². The number of alkyl halides is 2. The highest BCUT2D eigenvalue weighted by Gasteiger charge is 2.36. The number of halogens is 2. The van der Waals surface area contributed by atoms with Gasteiger partial charge in [0.1, 0.15) is 6.61 Å². The molecule has 0 saturated heterocycles. The zero-order chi connectivity index (χ0) is 13.8. The minimum Gasteiger partial charge on any atom is -0.371 e. The fourth-order valence-corrected chi connectivity index (χ4v) is 2.79. The lowest BCUT2D eigenvalue weighted by Gasteiger charge is -2.41. The summed E-state index contributed by atoms with van der Waals surface area (Å²) in [5.41, 5.74) is 0.226. The highest BCUT2D eigenvalue weighted by molar-refractivity contribution is 4.89. The molecular formula is C14H27F2NO. The van der Waals surface area contributed by atoms with Crippen molar-refractivity contribution in [2.24, 2.45) is 11.3 Å². The topological polar surface area (TPSA) is 21.3 Å². The van der Waals surface area contributed by atoms with E-state index in [4.69, 9.17) is 4.74 Å². The molecule has 1 rings (SSSR count). The number of hydrogen-bond acceptors (Lipinski definition) is 2. The van der Waals surface area contributed by atoms with E-state index in [1.807, 2.05) is 6.92 Å². The van der Waals surface area contributed by atoms with Crippen LogP contribution in [-0.2, 0) is 4.74 Å². The second-order valence-electron chi connectivity index (χ2n) is 6.30. The lowest BCUT2D eigenvalue weighted by atomic mass is 9.70. The Morgan fingerprint density at radius 3 is 2.44 bits per heavy atom. The maximum absolute atomic E-state index is 12.3. The fraction of sp³-hybridized carbons (Fsp3) is 1.00. The quantitative estimate of drug-likeness (QED) is 0.820. The summed E-state index contributed by atoms with van der Waals surface area (Å²) in [6.07, 6.45) is 0.604. The summed E-state index contributed by atoms with van der Waals surface area (Å²) in [6, 6.07) is 0.229. The number of rotatable bonds is 5. The van der Waals surface area contributed by atoms with Gasteiger partial charge in [-0.05, 0) is 37.1 Å². The molecule has 0 aromatic rings. The predicted octanol–water partition coefficient (Wildman–Crippen LogP) is 3.46. The summed E-state index contributed by atoms with van der Waals surface area (Å²) >= 11 is 0. The predicted molar refractivity (Wildman–Crippen MR) is 70.0 cm³/mol. The summed E-state index contributed by atoms with van der Waals surface area (Å²) < 4.78 is 30.0. The Morgan fingerprint density at radius 1 is 1.28 bits per heavy atom. The molecule has 2 nitrogen and oxygen atoms in total. The van der Waals surface area contributed by atoms with Gasteiger partial charge in [0.2, 0.25) is 0 Å². The first kappa shape index (κ1) is 15.8. The Labute approximate surface area is 109 Å². The van der Waals surface area contributed by atoms with Gasteiger partial charge in [-0.25, -0.2) is 8.78 Å². The molecule has 18 heavy (non-hydrogen) atoms. The third kappa shape index (κ3) is 4.81. The molecule has 1 aliphatic rings. The summed E-state index contributed by atoms with van der Waals surface area (Å²) in [4.78, 5) is 0. The molecule has 0 aromatic carbocycles. The van der Waals surface area contributed by atoms with Crippen LogP contribution in [0, 0.1) is 11.3 Å². The first-order chi connectivity index (χ1) is 8.34. The molecule has 1 saturated carbocycles. The lowest BCUT2D eigenvalue weighted by molar-refractivity contribution is -0.0676. The van der Waals surface area contributed by atoms with Gasteiger partial charge < -0.3 is 10.1 Å². The molecule has 1 aliphatic carbocycles. The van der Waals surface area contributed by atoms with Gasteiger partial charge in [-0.2, -0.15) is 0 Å². The molecule has 3 unspecified atom stereocenters. The number of nitrogens with one attached hydrogen (secondary N) is 1. The molecule has 0 bridgehead atoms. The zero-order valence-electron chi connectivity index (χ0n) is 12.0. The molecule has 108 valence electrons. The molecule has 1 fully saturated rings. The van der Waals surface area contributed by atoms with E-state index >= 15 is 0 Å². The van der Waals surface area contributed by atoms with E-state index < -0.39 is 13.0 Å². The minimum absolute atomic E-state index is 0.0723. The zero-order valence-corrected chi connectivity index (χ0v) is 12.0. The van der Waals surface area contributed by atoms with Crippen LogP contribution in [0.3, 0.4) is 0 Å². The van der Waals surface area contributed by atoms with Crippen LogP contribution in [0.4, 0.5) is 8.78 Å². The van der Waals surface area contributed by atoms with Crippen molar-refractivity contribution in [3.05, 3.63) is 0 Å². The van der Waals surface area contributed by atoms with Crippen LogP contribution < -0.4 is 5.32 Å². The molecule has 4 heteroatoms. The molecule has 0 spiro atoms. The van der Waals surface area contributed by atoms with Crippen LogP contribution >= 0.6 is 0 Å². The second kappa shape index (κ2) is 6.80. The second-order valence-corrected chi connectivity index (χ2v) is 6.30. The van der Waals surface area contributed by atoms with Crippen molar-refractivity contribution in [3.8, 4) is 0 Å². The standard InChI is InChI=1S/C14H27F2NO/c1-5-17-11-7-6-10(14(2,3)4)8-12(11)18-9-13(15)16/h10-13,17H,5-9H2,1-4H3. The number of ether oxygens (including phenoxy) is 1. The SMILES string of the molecule is CCNC1CCC(C(C)(C)C)CC1OCC(F)F. The molecule has 0 amide bonds. The lowest BCUT2D eigenvalue weighted by Crippen LogP contribution is -2.47. The molecular weight excluding hydrogens is 236 g/mol. The van der Waals surface area contributed by atoms with E-state index in [0.717, 1.165) is 25.8 Å². The van der Waals surface area contributed by atoms with Gasteiger partial charge in [-0.3, -0.25) is 0 Å². The van der Waals surface area contributed by atoms with E-state index in [-0.39, 0.29) is 17.6 Å². The van der Waals surface area contributed by atoms with Crippen molar-refractivity contribution in [2.75, 3.05) is 13.2 Å². The molecule has 0 radical (unpaired) electrons. The Hall–Kier alpha value is -0.220. The monoisotopic (exact) mass is 263 g/mol. The van der Waals surface area contributed by atoms with Gasteiger partial charge >= 0.3 is 0 Å². The van der Waals surface area contributed by atoms with Gasteiger partial charge in [0.15, 0.2) is 0 Å². The average molecular weight is 263 g/mol. The smallest absolute Gasteiger partial charge is 0.261 e. The van der Waals surface area contributed by atoms with Crippen molar-refractivity contribution < 1.29 is 13.5 Å². The van der Waals surface area contributed by atoms with E-state index in [0.29, 0.717) is 5.92 Å². The summed E-state index contributed by atoms with van der Waals surface area (Å²) in [7, 11) is 0. The van der Waals surface area contributed by atoms with Gasteiger partial charge in [-0.1, -0.05) is 27.7 Å². The largest absolute Gasteiger partial charge is 0.371 e. The third-order valence-electron chi connectivity index (χ3n) is 3.92. The van der Waals surface area contributed by atoms with Crippen LogP contribution in [0.25, 0.3) is 0 Å². The van der Waals surface area contributed by atoms with Gasteiger partial charge in [0.25, 0.3) is 6.43 Å². The average Bonchev–Trinajstić information content (AvgIpc) is 2.26. The Morgan fingerprint density at radius 2 is 1.94 bits per heavy atom. The van der Waals surface area contributed by atoms with E-state index in [9.17, 15) is 8.78 Å². The normalized spacial score (nSPS) is 29.8. The van der Waals surface area contributed by atoms with Crippen molar-refractivity contribution in [3.63, 3.8) is 0 Å². The fourth-order valence-electron chi connectivity index (χ4n) is 2.79. The maximum Gasteiger partial charge on any atom is 0.261 e. The molecule has 1 N–H and O–H groups in total. The summed E-state index contributed by atoms with van der Waals surface area (Å²) in [5, 5.41) is 3.36. The summed E-state index contributed by atoms with van der Waals surface area (Å²) in [5.74, 6) is 0.551. The van der Waals surface area contributed by atoms with Gasteiger partial charge in [0.05, 0.1) is 6.10 Å². The van der Waals surface area contributed by atoms with Gasteiger partial charge in [-0.15, -0.1) is 0 Å². The minimum atomic E-state index is -2.37. The summed E-state index contributed by atoms with van der Waals surface area (Å²) in [6.45, 7) is 9.11. The van der Waals surface area contributed by atoms with Crippen molar-refractivity contribution >= 4 is 0 Å². The van der Waals surface area contributed by atoms with Crippen molar-refractivity contribution in [1.82, 2.24) is 5.32 Å². The van der Waals surface area contributed by atoms with Crippen LogP contribution in [0.1, 0.15) is 47.0 Å². The first-order valence-electron chi connectivity index (χ1n) is 6.97. The van der Waals surface area contributed by atoms with E-state index in [2.05, 4.69) is 26.1 Å². The van der Waals surface area contributed by atoms with Gasteiger partial charge in [0, 0.05) is 6.04 Å². The number of hydrogen-bond donors (Lipinski definition) is 1. The van der Waals surface area contributed by atoms with Crippen LogP contribution in [-0.4, -0.2) is 31.7 Å². The Kier molecular flexibility index (Phi) is 5.99. The Balaban J connectivity index is 2.58. The van der Waals surface area contributed by atoms with Crippen LogP contribution in [0.5, 0.6) is 0 Å². The van der Waals surface area contributed by atoms with Crippen molar-refractivity contribution in [1.29, 1.82) is 0 Å².